The summed E-state index contributed by atoms with van der Waals surface area (Å²) in [6.45, 7) is 3.36. The molecule has 0 aromatic rings. The predicted molar refractivity (Wildman–Crippen MR) is 30.0 cm³/mol. The smallest absolute Gasteiger partial charge is 0.158 e. The first kappa shape index (κ1) is 15.7. The largest absolute Gasteiger partial charge is 1.00 e. The molecule has 0 heterocycles. The standard InChI is InChI=1S/C4H8N.2ClH/c1-4-5(2)3;;/h1H2,2-3H3;2*1H/q+1;;/p-1. The molecule has 0 bridgehead atoms. The molecule has 7 heavy (non-hydrogen) atoms. The van der Waals surface area contributed by atoms with Crippen LogP contribution in [0.5, 0.6) is 0 Å². The summed E-state index contributed by atoms with van der Waals surface area (Å²) in [5, 5.41) is 0. The van der Waals surface area contributed by atoms with Gasteiger partial charge in [0, 0.05) is 6.58 Å². The monoisotopic (exact) mass is 141 g/mol. The maximum atomic E-state index is 3.36. The van der Waals surface area contributed by atoms with E-state index < -0.39 is 0 Å². The molecule has 0 fully saturated rings. The fourth-order valence-corrected chi connectivity index (χ4v) is 0. The summed E-state index contributed by atoms with van der Waals surface area (Å²) < 4.78 is 1.76. The van der Waals surface area contributed by atoms with Crippen molar-refractivity contribution in [2.45, 2.75) is 0 Å². The zero-order valence-corrected chi connectivity index (χ0v) is 6.01. The fraction of sp³-hybridized carbons (Fsp3) is 0.500. The molecule has 0 unspecified atom stereocenters. The zero-order chi connectivity index (χ0) is 4.28. The van der Waals surface area contributed by atoms with Crippen molar-refractivity contribution in [1.82, 2.24) is 0 Å². The first-order chi connectivity index (χ1) is 2.27. The molecule has 0 aliphatic carbocycles. The van der Waals surface area contributed by atoms with Crippen LogP contribution in [0.3, 0.4) is 0 Å². The Balaban J connectivity index is -0.0000000800. The molecule has 0 saturated carbocycles. The molecule has 0 rings (SSSR count). The lowest BCUT2D eigenvalue weighted by molar-refractivity contribution is -0.456. The van der Waals surface area contributed by atoms with Crippen molar-refractivity contribution in [3.8, 4) is 0 Å². The van der Waals surface area contributed by atoms with E-state index in [1.165, 1.54) is 0 Å². The van der Waals surface area contributed by atoms with Crippen LogP contribution in [0.1, 0.15) is 0 Å². The topological polar surface area (TPSA) is 3.01 Å². The first-order valence-electron chi connectivity index (χ1n) is 1.47. The van der Waals surface area contributed by atoms with E-state index in [1.807, 2.05) is 14.1 Å². The fourth-order valence-electron chi connectivity index (χ4n) is 0. The minimum Gasteiger partial charge on any atom is -1.00 e. The van der Waals surface area contributed by atoms with Crippen LogP contribution in [0.2, 0.25) is 0 Å². The average Bonchev–Trinajstić information content (AvgIpc) is 1.38. The molecule has 0 spiro atoms. The molecule has 0 radical (unpaired) electrons. The second kappa shape index (κ2) is 9.39. The second-order valence-corrected chi connectivity index (χ2v) is 1.05. The van der Waals surface area contributed by atoms with Gasteiger partial charge in [-0.3, -0.25) is 0 Å². The van der Waals surface area contributed by atoms with Gasteiger partial charge in [0.25, 0.3) is 0 Å². The number of nitrogens with zero attached hydrogens (tertiary/aromatic N) is 1. The third-order valence-electron chi connectivity index (χ3n) is 0.316. The van der Waals surface area contributed by atoms with Crippen LogP contribution in [0.4, 0.5) is 0 Å². The summed E-state index contributed by atoms with van der Waals surface area (Å²) in [6.07, 6.45) is 0. The van der Waals surface area contributed by atoms with Crippen molar-refractivity contribution >= 4 is 18.3 Å². The highest BCUT2D eigenvalue weighted by Crippen LogP contribution is 1.36. The normalized spacial score (nSPS) is 4.29. The van der Waals surface area contributed by atoms with E-state index >= 15 is 0 Å². The lowest BCUT2D eigenvalue weighted by atomic mass is 11.0. The van der Waals surface area contributed by atoms with Gasteiger partial charge in [0.15, 0.2) is 5.87 Å². The Morgan fingerprint density at radius 2 is 1.57 bits per heavy atom. The SMILES string of the molecule is C=C=[N+](C)C.Cl.[Cl-]. The third kappa shape index (κ3) is 23.8. The summed E-state index contributed by atoms with van der Waals surface area (Å²) in [5.74, 6) is 2.61. The van der Waals surface area contributed by atoms with Crippen molar-refractivity contribution in [2.24, 2.45) is 0 Å². The number of halogens is 2. The Kier molecular flexibility index (Phi) is 21.1. The Labute approximate surface area is 56.6 Å². The van der Waals surface area contributed by atoms with Crippen LogP contribution >= 0.6 is 12.4 Å². The second-order valence-electron chi connectivity index (χ2n) is 1.05. The molecule has 0 amide bonds. The van der Waals surface area contributed by atoms with Crippen molar-refractivity contribution in [3.05, 3.63) is 6.58 Å². The summed E-state index contributed by atoms with van der Waals surface area (Å²) in [4.78, 5) is 0. The highest BCUT2D eigenvalue weighted by atomic mass is 35.5. The summed E-state index contributed by atoms with van der Waals surface area (Å²) in [6, 6.07) is 0. The van der Waals surface area contributed by atoms with E-state index in [1.54, 1.807) is 4.58 Å². The average molecular weight is 142 g/mol. The molecule has 44 valence electrons. The predicted octanol–water partition coefficient (Wildman–Crippen LogP) is -2.46. The van der Waals surface area contributed by atoms with Gasteiger partial charge < -0.3 is 12.4 Å². The molecule has 3 heteroatoms. The Morgan fingerprint density at radius 3 is 1.57 bits per heavy atom. The molecule has 1 nitrogen and oxygen atoms in total. The van der Waals surface area contributed by atoms with Crippen molar-refractivity contribution in [2.75, 3.05) is 14.1 Å². The third-order valence-corrected chi connectivity index (χ3v) is 0.316. The molecule has 0 aromatic carbocycles. The van der Waals surface area contributed by atoms with Gasteiger partial charge in [0.1, 0.15) is 14.1 Å². The van der Waals surface area contributed by atoms with Crippen LogP contribution in [-0.4, -0.2) is 24.5 Å². The van der Waals surface area contributed by atoms with E-state index in [-0.39, 0.29) is 24.8 Å². The number of rotatable bonds is 0. The van der Waals surface area contributed by atoms with Gasteiger partial charge in [0.2, 0.25) is 0 Å². The lowest BCUT2D eigenvalue weighted by Crippen LogP contribution is -3.00. The summed E-state index contributed by atoms with van der Waals surface area (Å²) in [5.41, 5.74) is 0. The Hall–Kier alpha value is 0.0300. The van der Waals surface area contributed by atoms with Gasteiger partial charge in [-0.1, -0.05) is 0 Å². The van der Waals surface area contributed by atoms with E-state index in [2.05, 4.69) is 12.4 Å². The van der Waals surface area contributed by atoms with Gasteiger partial charge in [-0.25, -0.2) is 0 Å². The Bertz CT molecular complexity index is 69.8. The van der Waals surface area contributed by atoms with Crippen LogP contribution in [0.15, 0.2) is 6.58 Å². The molecule has 0 N–H and O–H groups in total. The van der Waals surface area contributed by atoms with E-state index in [0.29, 0.717) is 0 Å². The molecule has 0 aliphatic rings. The molecule has 0 aromatic heterocycles. The molecular weight excluding hydrogens is 133 g/mol. The highest BCUT2D eigenvalue weighted by molar-refractivity contribution is 5.85. The van der Waals surface area contributed by atoms with Gasteiger partial charge >= 0.3 is 0 Å². The molecule has 0 saturated heterocycles. The highest BCUT2D eigenvalue weighted by Gasteiger charge is 1.61. The van der Waals surface area contributed by atoms with Crippen molar-refractivity contribution < 1.29 is 17.0 Å². The maximum Gasteiger partial charge on any atom is 0.158 e. The summed E-state index contributed by atoms with van der Waals surface area (Å²) in [7, 11) is 3.76. The van der Waals surface area contributed by atoms with Crippen molar-refractivity contribution in [1.29, 1.82) is 0 Å². The first-order valence-corrected chi connectivity index (χ1v) is 1.47. The van der Waals surface area contributed by atoms with Gasteiger partial charge in [-0.05, 0) is 0 Å². The van der Waals surface area contributed by atoms with Crippen LogP contribution in [0.25, 0.3) is 0 Å². The van der Waals surface area contributed by atoms with E-state index in [9.17, 15) is 0 Å². The van der Waals surface area contributed by atoms with E-state index in [0.717, 1.165) is 0 Å². The van der Waals surface area contributed by atoms with Crippen LogP contribution in [0, 0.1) is 0 Å². The maximum absolute atomic E-state index is 3.36. The summed E-state index contributed by atoms with van der Waals surface area (Å²) >= 11 is 0. The quantitative estimate of drug-likeness (QED) is 0.260. The van der Waals surface area contributed by atoms with Gasteiger partial charge in [-0.2, -0.15) is 4.58 Å². The lowest BCUT2D eigenvalue weighted by Gasteiger charge is -1.65. The zero-order valence-electron chi connectivity index (χ0n) is 4.44. The molecule has 0 atom stereocenters. The number of hydrogen-bond acceptors (Lipinski definition) is 0. The van der Waals surface area contributed by atoms with Gasteiger partial charge in [0.05, 0.1) is 0 Å². The minimum atomic E-state index is 0. The van der Waals surface area contributed by atoms with Crippen LogP contribution < -0.4 is 12.4 Å². The van der Waals surface area contributed by atoms with Crippen LogP contribution in [-0.2, 0) is 0 Å². The minimum absolute atomic E-state index is 0. The van der Waals surface area contributed by atoms with Gasteiger partial charge in [-0.15, -0.1) is 12.4 Å². The molecular formula is C4H9Cl2N. The Morgan fingerprint density at radius 1 is 1.43 bits per heavy atom. The van der Waals surface area contributed by atoms with Crippen molar-refractivity contribution in [3.63, 3.8) is 0 Å². The number of hydrogen-bond donors (Lipinski definition) is 0. The van der Waals surface area contributed by atoms with E-state index in [4.69, 9.17) is 0 Å². The molecule has 0 aliphatic heterocycles.